The van der Waals surface area contributed by atoms with E-state index in [1.54, 1.807) is 12.1 Å². The Morgan fingerprint density at radius 3 is 2.27 bits per heavy atom. The van der Waals surface area contributed by atoms with Gasteiger partial charge in [0.25, 0.3) is 0 Å². The van der Waals surface area contributed by atoms with Crippen molar-refractivity contribution in [2.45, 2.75) is 27.6 Å². The largest absolute Gasteiger partial charge is 0.374 e. The molecule has 26 heavy (non-hydrogen) atoms. The van der Waals surface area contributed by atoms with E-state index in [-0.39, 0.29) is 19.3 Å². The zero-order valence-electron chi connectivity index (χ0n) is 15.2. The molecule has 1 aromatic carbocycles. The van der Waals surface area contributed by atoms with Crippen molar-refractivity contribution < 1.29 is 16.8 Å². The minimum atomic E-state index is -3.92. The van der Waals surface area contributed by atoms with Crippen molar-refractivity contribution in [1.29, 1.82) is 0 Å². The third-order valence-electron chi connectivity index (χ3n) is 3.55. The fourth-order valence-corrected chi connectivity index (χ4v) is 5.71. The molecule has 0 spiro atoms. The monoisotopic (exact) mass is 417 g/mol. The lowest BCUT2D eigenvalue weighted by molar-refractivity contribution is 0.405. The highest BCUT2D eigenvalue weighted by atomic mass is 32.2. The molecule has 7 nitrogen and oxygen atoms in total. The molecule has 1 N–H and O–H groups in total. The molecule has 0 unspecified atom stereocenters. The molecular formula is C16H23N3O4S3. The first-order valence-corrected chi connectivity index (χ1v) is 12.1. The van der Waals surface area contributed by atoms with Gasteiger partial charge in [0.2, 0.25) is 24.0 Å². The van der Waals surface area contributed by atoms with Crippen LogP contribution < -0.4 is 5.32 Å². The van der Waals surface area contributed by atoms with Crippen LogP contribution in [0.25, 0.3) is 0 Å². The second kappa shape index (κ2) is 8.03. The average molecular weight is 418 g/mol. The molecule has 0 aliphatic carbocycles. The van der Waals surface area contributed by atoms with Gasteiger partial charge in [0, 0.05) is 12.8 Å². The van der Waals surface area contributed by atoms with E-state index in [0.29, 0.717) is 6.54 Å². The molecule has 0 aliphatic rings. The van der Waals surface area contributed by atoms with Crippen LogP contribution >= 0.6 is 11.3 Å². The van der Waals surface area contributed by atoms with E-state index in [1.165, 1.54) is 12.1 Å². The van der Waals surface area contributed by atoms with Crippen LogP contribution in [0.1, 0.15) is 12.0 Å². The van der Waals surface area contributed by atoms with E-state index >= 15 is 0 Å². The number of rotatable bonds is 8. The third kappa shape index (κ3) is 5.03. The van der Waals surface area contributed by atoms with E-state index in [4.69, 9.17) is 0 Å². The molecule has 0 atom stereocenters. The van der Waals surface area contributed by atoms with Crippen LogP contribution in [0.3, 0.4) is 0 Å². The van der Waals surface area contributed by atoms with Crippen molar-refractivity contribution in [2.75, 3.05) is 38.8 Å². The number of sulfone groups is 2. The molecule has 144 valence electrons. The molecule has 2 rings (SSSR count). The van der Waals surface area contributed by atoms with Gasteiger partial charge in [-0.3, -0.25) is 0 Å². The Balaban J connectivity index is 2.41. The Hall–Kier alpha value is -1.49. The minimum Gasteiger partial charge on any atom is -0.374 e. The third-order valence-corrected chi connectivity index (χ3v) is 8.07. The van der Waals surface area contributed by atoms with E-state index in [1.807, 2.05) is 25.9 Å². The van der Waals surface area contributed by atoms with Crippen LogP contribution in [0.4, 0.5) is 5.00 Å². The summed E-state index contributed by atoms with van der Waals surface area (Å²) in [4.78, 5) is 6.04. The number of aryl methyl sites for hydroxylation is 1. The minimum absolute atomic E-state index is 0.0878. The molecule has 2 aromatic rings. The smallest absolute Gasteiger partial charge is 0.226 e. The average Bonchev–Trinajstić information content (AvgIpc) is 2.97. The van der Waals surface area contributed by atoms with Gasteiger partial charge in [-0.25, -0.2) is 21.8 Å². The number of thiazole rings is 1. The molecule has 0 saturated carbocycles. The molecule has 0 bridgehead atoms. The van der Waals surface area contributed by atoms with E-state index < -0.39 is 19.7 Å². The Labute approximate surface area is 158 Å². The molecule has 10 heteroatoms. The lowest BCUT2D eigenvalue weighted by Gasteiger charge is -2.10. The summed E-state index contributed by atoms with van der Waals surface area (Å²) in [5, 5.41) is 3.05. The fraction of sp³-hybridized carbons (Fsp3) is 0.438. The molecule has 0 saturated heterocycles. The zero-order chi connectivity index (χ0) is 19.5. The van der Waals surface area contributed by atoms with Gasteiger partial charge in [-0.15, -0.1) is 0 Å². The van der Waals surface area contributed by atoms with Crippen LogP contribution in [0.15, 0.2) is 38.5 Å². The van der Waals surface area contributed by atoms with Gasteiger partial charge >= 0.3 is 0 Å². The predicted molar refractivity (Wildman–Crippen MR) is 104 cm³/mol. The van der Waals surface area contributed by atoms with Gasteiger partial charge < -0.3 is 10.2 Å². The quantitative estimate of drug-likeness (QED) is 0.657. The number of hydrogen-bond acceptors (Lipinski definition) is 8. The van der Waals surface area contributed by atoms with Crippen LogP contribution in [0.5, 0.6) is 0 Å². The summed E-state index contributed by atoms with van der Waals surface area (Å²) >= 11 is 0.847. The second-order valence-corrected chi connectivity index (χ2v) is 11.3. The first-order valence-electron chi connectivity index (χ1n) is 7.93. The van der Waals surface area contributed by atoms with Crippen molar-refractivity contribution >= 4 is 36.0 Å². The highest BCUT2D eigenvalue weighted by Crippen LogP contribution is 2.34. The molecular weight excluding hydrogens is 394 g/mol. The summed E-state index contributed by atoms with van der Waals surface area (Å²) in [5.41, 5.74) is 0.932. The Bertz CT molecular complexity index is 963. The highest BCUT2D eigenvalue weighted by molar-refractivity contribution is 7.93. The van der Waals surface area contributed by atoms with E-state index in [9.17, 15) is 16.8 Å². The van der Waals surface area contributed by atoms with Crippen molar-refractivity contribution in [3.05, 3.63) is 29.8 Å². The van der Waals surface area contributed by atoms with Gasteiger partial charge in [0.1, 0.15) is 5.00 Å². The number of nitrogens with one attached hydrogen (secondary N) is 1. The van der Waals surface area contributed by atoms with Crippen LogP contribution in [0, 0.1) is 6.92 Å². The first-order chi connectivity index (χ1) is 12.0. The Kier molecular flexibility index (Phi) is 6.43. The normalized spacial score (nSPS) is 12.5. The second-order valence-electron chi connectivity index (χ2n) is 6.29. The van der Waals surface area contributed by atoms with E-state index in [0.717, 1.165) is 36.1 Å². The summed E-state index contributed by atoms with van der Waals surface area (Å²) in [6.07, 6.45) is 1.80. The van der Waals surface area contributed by atoms with Crippen LogP contribution in [-0.2, 0) is 19.7 Å². The van der Waals surface area contributed by atoms with Crippen LogP contribution in [-0.4, -0.2) is 60.2 Å². The maximum absolute atomic E-state index is 12.9. The number of hydrogen-bond donors (Lipinski definition) is 1. The lowest BCUT2D eigenvalue weighted by atomic mass is 10.2. The predicted octanol–water partition coefficient (Wildman–Crippen LogP) is 2.05. The number of nitrogens with zero attached hydrogens (tertiary/aromatic N) is 2. The maximum Gasteiger partial charge on any atom is 0.226 e. The summed E-state index contributed by atoms with van der Waals surface area (Å²) in [6, 6.07) is 6.39. The molecule has 0 fully saturated rings. The van der Waals surface area contributed by atoms with Crippen LogP contribution in [0.2, 0.25) is 0 Å². The van der Waals surface area contributed by atoms with Gasteiger partial charge in [-0.1, -0.05) is 29.0 Å². The summed E-state index contributed by atoms with van der Waals surface area (Å²) in [5.74, 6) is 0. The molecule has 1 aromatic heterocycles. The fourth-order valence-electron chi connectivity index (χ4n) is 2.17. The topological polar surface area (TPSA) is 96.4 Å². The van der Waals surface area contributed by atoms with Gasteiger partial charge in [0.05, 0.1) is 4.90 Å². The maximum atomic E-state index is 12.9. The summed E-state index contributed by atoms with van der Waals surface area (Å²) < 4.78 is 49.4. The standard InChI is InChI=1S/C16H23N3O4S3/c1-12-6-8-13(9-7-12)26(22,23)15-14(17-10-5-11-19(2)3)24-16(18-15)25(4,20)21/h6-9,17H,5,10-11H2,1-4H3. The first kappa shape index (κ1) is 20.8. The lowest BCUT2D eigenvalue weighted by Crippen LogP contribution is -2.16. The van der Waals surface area contributed by atoms with Crippen molar-refractivity contribution in [3.63, 3.8) is 0 Å². The highest BCUT2D eigenvalue weighted by Gasteiger charge is 2.28. The van der Waals surface area contributed by atoms with E-state index in [2.05, 4.69) is 10.3 Å². The van der Waals surface area contributed by atoms with Crippen molar-refractivity contribution in [1.82, 2.24) is 9.88 Å². The number of benzene rings is 1. The SMILES string of the molecule is Cc1ccc(S(=O)(=O)c2nc(S(C)(=O)=O)sc2NCCCN(C)C)cc1. The number of aromatic nitrogens is 1. The molecule has 0 radical (unpaired) electrons. The molecule has 0 aliphatic heterocycles. The van der Waals surface area contributed by atoms with Crippen molar-refractivity contribution in [3.8, 4) is 0 Å². The number of anilines is 1. The van der Waals surface area contributed by atoms with Gasteiger partial charge in [0.15, 0.2) is 5.03 Å². The summed E-state index contributed by atoms with van der Waals surface area (Å²) in [7, 11) is -3.63. The molecule has 0 amide bonds. The molecule has 1 heterocycles. The zero-order valence-corrected chi connectivity index (χ0v) is 17.6. The summed E-state index contributed by atoms with van der Waals surface area (Å²) in [6.45, 7) is 3.20. The van der Waals surface area contributed by atoms with Crippen molar-refractivity contribution in [2.24, 2.45) is 0 Å². The van der Waals surface area contributed by atoms with Gasteiger partial charge in [-0.2, -0.15) is 0 Å². The Morgan fingerprint density at radius 1 is 1.12 bits per heavy atom. The Morgan fingerprint density at radius 2 is 1.73 bits per heavy atom. The van der Waals surface area contributed by atoms with Gasteiger partial charge in [-0.05, 0) is 46.1 Å².